The number of halogens is 1. The highest BCUT2D eigenvalue weighted by molar-refractivity contribution is 9.10. The molecular formula is C26H29BrN2O3. The highest BCUT2D eigenvalue weighted by atomic mass is 79.9. The van der Waals surface area contributed by atoms with E-state index in [1.54, 1.807) is 24.3 Å². The number of fused-ring (bicyclic) bond motifs is 2. The summed E-state index contributed by atoms with van der Waals surface area (Å²) in [5, 5.41) is 7.44. The summed E-state index contributed by atoms with van der Waals surface area (Å²) in [6.07, 6.45) is 3.07. The molecule has 0 heterocycles. The number of aryl methyl sites for hydroxylation is 1. The molecule has 0 aliphatic heterocycles. The zero-order chi connectivity index (χ0) is 23.1. The topological polar surface area (TPSA) is 67.8 Å². The van der Waals surface area contributed by atoms with Gasteiger partial charge in [-0.15, -0.1) is 0 Å². The number of carbonyl (C=O) groups is 2. The first-order valence-corrected chi connectivity index (χ1v) is 11.9. The normalized spacial score (nSPS) is 26.8. The number of rotatable bonds is 5. The summed E-state index contributed by atoms with van der Waals surface area (Å²) in [4.78, 5) is 31.4. The summed E-state index contributed by atoms with van der Waals surface area (Å²) < 4.78 is 0.889. The number of nitrogens with zero attached hydrogens (tertiary/aromatic N) is 1. The van der Waals surface area contributed by atoms with E-state index < -0.39 is 11.4 Å². The molecule has 0 radical (unpaired) electrons. The van der Waals surface area contributed by atoms with E-state index >= 15 is 0 Å². The van der Waals surface area contributed by atoms with Gasteiger partial charge in [0.1, 0.15) is 0 Å². The van der Waals surface area contributed by atoms with Crippen molar-refractivity contribution in [1.29, 1.82) is 0 Å². The highest BCUT2D eigenvalue weighted by Crippen LogP contribution is 2.71. The van der Waals surface area contributed by atoms with Gasteiger partial charge < -0.3 is 10.2 Å². The van der Waals surface area contributed by atoms with E-state index in [9.17, 15) is 9.59 Å². The van der Waals surface area contributed by atoms with Crippen LogP contribution in [0.25, 0.3) is 0 Å². The van der Waals surface area contributed by atoms with Gasteiger partial charge in [-0.25, -0.2) is 4.79 Å². The van der Waals surface area contributed by atoms with Crippen molar-refractivity contribution in [3.05, 3.63) is 64.1 Å². The van der Waals surface area contributed by atoms with E-state index in [2.05, 4.69) is 54.1 Å². The van der Waals surface area contributed by atoms with Gasteiger partial charge in [-0.1, -0.05) is 60.9 Å². The number of anilines is 1. The van der Waals surface area contributed by atoms with Crippen molar-refractivity contribution in [1.82, 2.24) is 0 Å². The van der Waals surface area contributed by atoms with Gasteiger partial charge in [0.15, 0.2) is 0 Å². The second-order valence-electron chi connectivity index (χ2n) is 9.64. The second-order valence-corrected chi connectivity index (χ2v) is 10.6. The Hall–Kier alpha value is -2.47. The Morgan fingerprint density at radius 1 is 1.03 bits per heavy atom. The predicted octanol–water partition coefficient (Wildman–Crippen LogP) is 6.38. The summed E-state index contributed by atoms with van der Waals surface area (Å²) in [5.74, 6) is -0.483. The Balaban J connectivity index is 1.56. The number of carbonyl (C=O) groups excluding carboxylic acids is 2. The maximum atomic E-state index is 13.6. The van der Waals surface area contributed by atoms with Crippen molar-refractivity contribution in [3.8, 4) is 0 Å². The lowest BCUT2D eigenvalue weighted by Gasteiger charge is -2.39. The minimum absolute atomic E-state index is 0.0138. The number of hydrogen-bond acceptors (Lipinski definition) is 4. The Kier molecular flexibility index (Phi) is 5.78. The Morgan fingerprint density at radius 2 is 1.69 bits per heavy atom. The van der Waals surface area contributed by atoms with Crippen LogP contribution in [0.1, 0.15) is 62.9 Å². The molecule has 0 spiro atoms. The molecule has 2 saturated carbocycles. The van der Waals surface area contributed by atoms with Gasteiger partial charge in [0.05, 0.1) is 16.7 Å². The highest BCUT2D eigenvalue weighted by Gasteiger charge is 2.71. The van der Waals surface area contributed by atoms with E-state index in [-0.39, 0.29) is 16.7 Å². The van der Waals surface area contributed by atoms with Crippen molar-refractivity contribution >= 4 is 39.2 Å². The minimum atomic E-state index is -0.589. The van der Waals surface area contributed by atoms with Crippen LogP contribution in [0.4, 0.5) is 5.69 Å². The smallest absolute Gasteiger partial charge is 0.326 e. The van der Waals surface area contributed by atoms with Crippen molar-refractivity contribution in [3.63, 3.8) is 0 Å². The van der Waals surface area contributed by atoms with Gasteiger partial charge in [0, 0.05) is 22.0 Å². The van der Waals surface area contributed by atoms with Crippen LogP contribution in [-0.2, 0) is 16.1 Å². The lowest BCUT2D eigenvalue weighted by molar-refractivity contribution is -0.130. The molecule has 4 rings (SSSR count). The van der Waals surface area contributed by atoms with Crippen LogP contribution in [0.5, 0.6) is 0 Å². The largest absolute Gasteiger partial charge is 0.365 e. The molecule has 1 amide bonds. The van der Waals surface area contributed by atoms with Crippen LogP contribution in [0.15, 0.2) is 58.2 Å². The molecule has 32 heavy (non-hydrogen) atoms. The number of amides is 1. The molecule has 2 atom stereocenters. The van der Waals surface area contributed by atoms with Crippen molar-refractivity contribution in [2.45, 2.75) is 53.4 Å². The summed E-state index contributed by atoms with van der Waals surface area (Å²) >= 11 is 3.36. The third-order valence-corrected chi connectivity index (χ3v) is 8.64. The van der Waals surface area contributed by atoms with Crippen molar-refractivity contribution in [2.24, 2.45) is 21.4 Å². The molecule has 2 aliphatic rings. The van der Waals surface area contributed by atoms with Crippen LogP contribution in [-0.4, -0.2) is 17.6 Å². The molecule has 2 aliphatic carbocycles. The zero-order valence-electron chi connectivity index (χ0n) is 19.0. The molecule has 2 aromatic rings. The molecule has 2 aromatic carbocycles. The molecule has 0 aromatic heterocycles. The molecule has 2 fully saturated rings. The summed E-state index contributed by atoms with van der Waals surface area (Å²) in [5.41, 5.74) is 2.04. The van der Waals surface area contributed by atoms with Gasteiger partial charge in [-0.2, -0.15) is 0 Å². The predicted molar refractivity (Wildman–Crippen MR) is 130 cm³/mol. The molecule has 168 valence electrons. The number of hydrogen-bond donors (Lipinski definition) is 1. The van der Waals surface area contributed by atoms with Gasteiger partial charge >= 0.3 is 5.97 Å². The summed E-state index contributed by atoms with van der Waals surface area (Å²) in [7, 11) is 0. The SMILES string of the molecule is CCc1ccc(NC(=O)C23CCC(C)(/C(=N\OC(=O)c4ccc(Br)cc4)C2)C3(C)C)cc1. The van der Waals surface area contributed by atoms with Crippen LogP contribution >= 0.6 is 15.9 Å². The van der Waals surface area contributed by atoms with Gasteiger partial charge in [-0.3, -0.25) is 4.79 Å². The molecule has 2 bridgehead atoms. The average Bonchev–Trinajstić information content (AvgIpc) is 3.09. The van der Waals surface area contributed by atoms with E-state index in [0.29, 0.717) is 12.0 Å². The van der Waals surface area contributed by atoms with Crippen LogP contribution in [0.3, 0.4) is 0 Å². The average molecular weight is 497 g/mol. The molecule has 6 heteroatoms. The molecule has 1 N–H and O–H groups in total. The first kappa shape index (κ1) is 22.7. The Labute approximate surface area is 197 Å². The summed E-state index contributed by atoms with van der Waals surface area (Å²) in [6.45, 7) is 8.52. The second kappa shape index (κ2) is 8.14. The Bertz CT molecular complexity index is 1080. The van der Waals surface area contributed by atoms with Gasteiger partial charge in [0.2, 0.25) is 5.91 Å². The lowest BCUT2D eigenvalue weighted by Crippen LogP contribution is -2.43. The molecule has 5 nitrogen and oxygen atoms in total. The number of oxime groups is 1. The molecular weight excluding hydrogens is 468 g/mol. The van der Waals surface area contributed by atoms with Crippen LogP contribution < -0.4 is 5.32 Å². The quantitative estimate of drug-likeness (QED) is 0.385. The van der Waals surface area contributed by atoms with E-state index in [1.165, 1.54) is 5.56 Å². The monoisotopic (exact) mass is 496 g/mol. The first-order chi connectivity index (χ1) is 15.1. The molecule has 0 saturated heterocycles. The third-order valence-electron chi connectivity index (χ3n) is 8.11. The first-order valence-electron chi connectivity index (χ1n) is 11.1. The fourth-order valence-electron chi connectivity index (χ4n) is 5.33. The maximum absolute atomic E-state index is 13.6. The fourth-order valence-corrected chi connectivity index (χ4v) is 5.60. The van der Waals surface area contributed by atoms with Crippen molar-refractivity contribution < 1.29 is 14.4 Å². The zero-order valence-corrected chi connectivity index (χ0v) is 20.6. The lowest BCUT2D eigenvalue weighted by atomic mass is 9.64. The van der Waals surface area contributed by atoms with Gasteiger partial charge in [0.25, 0.3) is 0 Å². The summed E-state index contributed by atoms with van der Waals surface area (Å²) in [6, 6.07) is 15.0. The van der Waals surface area contributed by atoms with Crippen molar-refractivity contribution in [2.75, 3.05) is 5.32 Å². The van der Waals surface area contributed by atoms with Gasteiger partial charge in [-0.05, 0) is 66.6 Å². The fraction of sp³-hybridized carbons (Fsp3) is 0.423. The van der Waals surface area contributed by atoms with E-state index in [1.807, 2.05) is 24.3 Å². The van der Waals surface area contributed by atoms with E-state index in [4.69, 9.17) is 4.84 Å². The molecule has 2 unspecified atom stereocenters. The Morgan fingerprint density at radius 3 is 2.31 bits per heavy atom. The minimum Gasteiger partial charge on any atom is -0.326 e. The third kappa shape index (κ3) is 3.49. The van der Waals surface area contributed by atoms with Crippen LogP contribution in [0, 0.1) is 16.2 Å². The number of benzene rings is 2. The maximum Gasteiger partial charge on any atom is 0.365 e. The number of nitrogens with one attached hydrogen (secondary N) is 1. The van der Waals surface area contributed by atoms with Crippen LogP contribution in [0.2, 0.25) is 0 Å². The standard InChI is InChI=1S/C26H29BrN2O3/c1-5-17-6-12-20(13-7-17)28-23(31)26-15-14-25(4,24(26,2)3)21(16-26)29-32-22(30)18-8-10-19(27)11-9-18/h6-13H,5,14-16H2,1-4H3,(H,28,31)/b29-21-. The van der Waals surface area contributed by atoms with E-state index in [0.717, 1.165) is 35.1 Å².